The van der Waals surface area contributed by atoms with E-state index in [1.807, 2.05) is 30.5 Å². The fourth-order valence-electron chi connectivity index (χ4n) is 5.35. The normalized spacial score (nSPS) is 15.4. The first-order chi connectivity index (χ1) is 24.5. The number of likely N-dealkylation sites (tertiary alicyclic amines) is 1. The third-order valence-corrected chi connectivity index (χ3v) is 8.10. The van der Waals surface area contributed by atoms with Crippen LogP contribution < -0.4 is 16.0 Å². The number of anilines is 5. The monoisotopic (exact) mass is 751 g/mol. The number of Topliss-reactive ketones (excluding diaryl/α,β-unsaturated/α-hetero) is 2. The summed E-state index contributed by atoms with van der Waals surface area (Å²) in [7, 11) is 1.78. The van der Waals surface area contributed by atoms with Gasteiger partial charge in [-0.1, -0.05) is 11.6 Å². The van der Waals surface area contributed by atoms with Gasteiger partial charge >= 0.3 is 23.9 Å². The summed E-state index contributed by atoms with van der Waals surface area (Å²) in [5.41, 5.74) is 4.76. The third-order valence-electron chi connectivity index (χ3n) is 7.82. The number of pyridine rings is 1. The van der Waals surface area contributed by atoms with Crippen molar-refractivity contribution in [1.82, 2.24) is 29.6 Å². The summed E-state index contributed by atoms with van der Waals surface area (Å²) in [6.45, 7) is 1.16. The Morgan fingerprint density at radius 1 is 0.942 bits per heavy atom. The second-order valence-electron chi connectivity index (χ2n) is 11.8. The van der Waals surface area contributed by atoms with Gasteiger partial charge in [-0.15, -0.1) is 0 Å². The number of amides is 2. The number of aromatic nitrogens is 5. The number of alkyl halides is 6. The van der Waals surface area contributed by atoms with E-state index in [0.717, 1.165) is 41.0 Å². The number of nitrogens with one attached hydrogen (secondary N) is 3. The van der Waals surface area contributed by atoms with Crippen LogP contribution in [0.15, 0.2) is 55.1 Å². The number of benzene rings is 1. The van der Waals surface area contributed by atoms with Crippen LogP contribution in [0.4, 0.5) is 55.2 Å². The number of carbonyl (C=O) groups is 4. The number of fused-ring (bicyclic) bond motifs is 6. The van der Waals surface area contributed by atoms with Gasteiger partial charge in [0.2, 0.25) is 11.9 Å². The molecule has 6 rings (SSSR count). The average Bonchev–Trinajstić information content (AvgIpc) is 3.73. The lowest BCUT2D eigenvalue weighted by molar-refractivity contribution is -0.193. The van der Waals surface area contributed by atoms with Gasteiger partial charge in [-0.3, -0.25) is 28.8 Å². The summed E-state index contributed by atoms with van der Waals surface area (Å²) >= 11 is 6.37. The minimum Gasteiger partial charge on any atom is -0.339 e. The fourth-order valence-corrected chi connectivity index (χ4v) is 5.49. The fraction of sp³-hybridized carbons (Fsp3) is 0.312. The molecular formula is C32H28ClF6N9O4. The Morgan fingerprint density at radius 3 is 2.35 bits per heavy atom. The Balaban J connectivity index is 0.000000376. The molecule has 3 N–H and O–H groups in total. The zero-order chi connectivity index (χ0) is 37.8. The predicted octanol–water partition coefficient (Wildman–Crippen LogP) is 5.58. The van der Waals surface area contributed by atoms with E-state index in [1.54, 1.807) is 41.3 Å². The van der Waals surface area contributed by atoms with Gasteiger partial charge in [-0.2, -0.15) is 36.4 Å². The highest BCUT2D eigenvalue weighted by atomic mass is 35.5. The molecule has 52 heavy (non-hydrogen) atoms. The van der Waals surface area contributed by atoms with E-state index >= 15 is 0 Å². The Morgan fingerprint density at radius 2 is 1.67 bits per heavy atom. The highest BCUT2D eigenvalue weighted by Gasteiger charge is 2.54. The number of hydrogen-bond donors (Lipinski definition) is 3. The minimum atomic E-state index is -5.77. The maximum Gasteiger partial charge on any atom is 0.458 e. The van der Waals surface area contributed by atoms with Gasteiger partial charge in [0, 0.05) is 50.3 Å². The first-order valence-corrected chi connectivity index (χ1v) is 15.8. The highest BCUT2D eigenvalue weighted by Crippen LogP contribution is 2.30. The molecule has 0 radical (unpaired) electrons. The van der Waals surface area contributed by atoms with Crippen LogP contribution in [0.5, 0.6) is 0 Å². The van der Waals surface area contributed by atoms with Crippen molar-refractivity contribution in [3.05, 3.63) is 77.0 Å². The van der Waals surface area contributed by atoms with Crippen LogP contribution in [-0.2, 0) is 34.3 Å². The van der Waals surface area contributed by atoms with Gasteiger partial charge in [0.15, 0.2) is 5.82 Å². The maximum atomic E-state index is 13.1. The van der Waals surface area contributed by atoms with E-state index in [9.17, 15) is 45.5 Å². The number of ketones is 2. The number of rotatable bonds is 5. The summed E-state index contributed by atoms with van der Waals surface area (Å²) < 4.78 is 68.6. The summed E-state index contributed by atoms with van der Waals surface area (Å²) in [5, 5.41) is 14.2. The number of halogens is 7. The topological polar surface area (TPSA) is 164 Å². The third kappa shape index (κ3) is 9.59. The Kier molecular flexibility index (Phi) is 11.1. The van der Waals surface area contributed by atoms with Crippen molar-refractivity contribution in [1.29, 1.82) is 0 Å². The predicted molar refractivity (Wildman–Crippen MR) is 174 cm³/mol. The van der Waals surface area contributed by atoms with Crippen LogP contribution in [-0.4, -0.2) is 78.5 Å². The number of hydrogen-bond acceptors (Lipinski definition) is 10. The molecule has 1 fully saturated rings. The number of aryl methyl sites for hydroxylation is 3. The molecule has 3 aromatic heterocycles. The Hall–Kier alpha value is -5.59. The molecule has 0 spiro atoms. The molecule has 6 bridgehead atoms. The molecule has 2 aliphatic rings. The molecule has 20 heteroatoms. The van der Waals surface area contributed by atoms with Crippen molar-refractivity contribution in [2.45, 2.75) is 38.0 Å². The van der Waals surface area contributed by atoms with Gasteiger partial charge in [-0.25, -0.2) is 4.98 Å². The first kappa shape index (κ1) is 37.7. The maximum absolute atomic E-state index is 13.1. The number of nitrogens with zero attached hydrogens (tertiary/aromatic N) is 6. The molecule has 1 aromatic carbocycles. The van der Waals surface area contributed by atoms with Gasteiger partial charge in [0.05, 0.1) is 18.1 Å². The zero-order valence-corrected chi connectivity index (χ0v) is 27.7. The van der Waals surface area contributed by atoms with Crippen LogP contribution >= 0.6 is 11.6 Å². The molecule has 0 unspecified atom stereocenters. The summed E-state index contributed by atoms with van der Waals surface area (Å²) in [5.74, 6) is -6.02. The summed E-state index contributed by atoms with van der Waals surface area (Å²) in [4.78, 5) is 60.0. The second-order valence-corrected chi connectivity index (χ2v) is 12.2. The molecule has 274 valence electrons. The van der Waals surface area contributed by atoms with E-state index in [4.69, 9.17) is 11.6 Å². The van der Waals surface area contributed by atoms with Gasteiger partial charge < -0.3 is 20.9 Å². The first-order valence-electron chi connectivity index (χ1n) is 15.4. The standard InChI is InChI=1S/C28H28ClN9O2.C4F6O2/c1-37-8-7-24(36-37)27(40)38-9-6-18(16-38)11-25(39)34-23-5-4-20-12-19(23)3-2-17-10-21(14-30-13-17)33-28-31-15-22(29)26(32-20)35-28;5-3(6,7)1(11)2(12)4(8,9)10/h4-5,7-8,10,12-15,18H,2-3,6,9,11,16H2,1H3,(H,34,39)(H2,31,32,33,35);/t18-;/m1./s1. The van der Waals surface area contributed by atoms with Crippen molar-refractivity contribution in [2.24, 2.45) is 13.0 Å². The van der Waals surface area contributed by atoms with Crippen LogP contribution in [0.3, 0.4) is 0 Å². The lowest BCUT2D eigenvalue weighted by Gasteiger charge is -2.17. The van der Waals surface area contributed by atoms with Crippen molar-refractivity contribution in [3.63, 3.8) is 0 Å². The van der Waals surface area contributed by atoms with E-state index in [2.05, 4.69) is 36.0 Å². The van der Waals surface area contributed by atoms with Crippen molar-refractivity contribution < 1.29 is 45.5 Å². The summed E-state index contributed by atoms with van der Waals surface area (Å²) in [6.07, 6.45) is -2.18. The quantitative estimate of drug-likeness (QED) is 0.173. The van der Waals surface area contributed by atoms with Crippen molar-refractivity contribution >= 4 is 63.8 Å². The molecule has 5 heterocycles. The van der Waals surface area contributed by atoms with E-state index < -0.39 is 23.9 Å². The molecule has 0 saturated carbocycles. The molecule has 2 amide bonds. The minimum absolute atomic E-state index is 0.0756. The molecular weight excluding hydrogens is 724 g/mol. The Labute approximate surface area is 295 Å². The van der Waals surface area contributed by atoms with E-state index in [-0.39, 0.29) is 17.7 Å². The smallest absolute Gasteiger partial charge is 0.339 e. The van der Waals surface area contributed by atoms with Crippen LogP contribution in [0.25, 0.3) is 0 Å². The van der Waals surface area contributed by atoms with E-state index in [1.165, 1.54) is 0 Å². The average molecular weight is 752 g/mol. The summed E-state index contributed by atoms with van der Waals surface area (Å²) in [6, 6.07) is 9.50. The number of carbonyl (C=O) groups excluding carboxylic acids is 4. The molecule has 1 saturated heterocycles. The molecule has 13 nitrogen and oxygen atoms in total. The highest BCUT2D eigenvalue weighted by molar-refractivity contribution is 6.41. The lowest BCUT2D eigenvalue weighted by atomic mass is 10.0. The molecule has 4 aromatic rings. The zero-order valence-electron chi connectivity index (χ0n) is 27.0. The van der Waals surface area contributed by atoms with E-state index in [0.29, 0.717) is 48.4 Å². The van der Waals surface area contributed by atoms with Crippen molar-refractivity contribution in [3.8, 4) is 0 Å². The molecule has 0 aliphatic carbocycles. The largest absolute Gasteiger partial charge is 0.458 e. The molecule has 2 aliphatic heterocycles. The van der Waals surface area contributed by atoms with Gasteiger partial charge in [0.25, 0.3) is 5.91 Å². The second kappa shape index (κ2) is 15.3. The Bertz CT molecular complexity index is 1980. The van der Waals surface area contributed by atoms with Gasteiger partial charge in [0.1, 0.15) is 10.7 Å². The van der Waals surface area contributed by atoms with Crippen LogP contribution in [0, 0.1) is 5.92 Å². The SMILES string of the molecule is Cn1ccc(C(=O)N2CC[C@H](CC(=O)Nc3ccc4cc3CCc3cncc(c3)Nc3ncc(Cl)c(n3)N4)C2)n1.O=C(C(=O)C(F)(F)F)C(F)(F)F. The molecule has 1 atom stereocenters. The van der Waals surface area contributed by atoms with Crippen molar-refractivity contribution in [2.75, 3.05) is 29.0 Å². The van der Waals surface area contributed by atoms with Gasteiger partial charge in [-0.05, 0) is 66.6 Å². The lowest BCUT2D eigenvalue weighted by Crippen LogP contribution is -2.39. The van der Waals surface area contributed by atoms with Crippen LogP contribution in [0.2, 0.25) is 5.02 Å². The van der Waals surface area contributed by atoms with Crippen LogP contribution in [0.1, 0.15) is 34.5 Å².